The van der Waals surface area contributed by atoms with Crippen LogP contribution < -0.4 is 16.6 Å². The molecule has 2 rings (SSSR count). The molecule has 2 aromatic rings. The third-order valence-corrected chi connectivity index (χ3v) is 3.38. The van der Waals surface area contributed by atoms with E-state index < -0.39 is 17.2 Å². The number of hydrogen-bond donors (Lipinski definition) is 1. The minimum atomic E-state index is -0.479. The van der Waals surface area contributed by atoms with Crippen molar-refractivity contribution in [1.82, 2.24) is 14.5 Å². The van der Waals surface area contributed by atoms with Gasteiger partial charge in [-0.25, -0.2) is 4.79 Å². The van der Waals surface area contributed by atoms with Gasteiger partial charge in [-0.05, 0) is 19.1 Å². The molecule has 1 aromatic heterocycles. The molecule has 0 aliphatic rings. The fourth-order valence-electron chi connectivity index (χ4n) is 2.31. The third kappa shape index (κ3) is 3.09. The molecule has 0 spiro atoms. The lowest BCUT2D eigenvalue weighted by Gasteiger charge is -2.12. The maximum absolute atomic E-state index is 12.4. The fourth-order valence-corrected chi connectivity index (χ4v) is 2.31. The number of aromatic nitrogens is 2. The Balaban J connectivity index is 2.44. The first-order valence-electron chi connectivity index (χ1n) is 7.08. The Labute approximate surface area is 127 Å². The number of para-hydroxylation sites is 1. The minimum absolute atomic E-state index is 0.299. The van der Waals surface area contributed by atoms with Crippen molar-refractivity contribution in [3.05, 3.63) is 45.1 Å². The Hall–Kier alpha value is -2.41. The molecule has 1 aromatic carbocycles. The number of hydrogen-bond acceptors (Lipinski definition) is 4. The Morgan fingerprint density at radius 2 is 1.95 bits per heavy atom. The molecule has 22 heavy (non-hydrogen) atoms. The van der Waals surface area contributed by atoms with Gasteiger partial charge in [-0.3, -0.25) is 18.7 Å². The van der Waals surface area contributed by atoms with Crippen LogP contribution in [-0.2, 0) is 22.6 Å². The molecule has 0 bridgehead atoms. The van der Waals surface area contributed by atoms with Gasteiger partial charge in [-0.1, -0.05) is 12.1 Å². The highest BCUT2D eigenvalue weighted by molar-refractivity contribution is 5.79. The molecule has 1 N–H and O–H groups in total. The van der Waals surface area contributed by atoms with Crippen molar-refractivity contribution in [3.8, 4) is 0 Å². The maximum atomic E-state index is 12.4. The predicted octanol–water partition coefficient (Wildman–Crippen LogP) is -0.0543. The zero-order valence-corrected chi connectivity index (χ0v) is 12.7. The van der Waals surface area contributed by atoms with Gasteiger partial charge in [0.05, 0.1) is 17.5 Å². The van der Waals surface area contributed by atoms with Gasteiger partial charge in [0.25, 0.3) is 5.56 Å². The summed E-state index contributed by atoms with van der Waals surface area (Å²) in [5, 5.41) is 3.02. The van der Waals surface area contributed by atoms with Gasteiger partial charge >= 0.3 is 5.69 Å². The largest absolute Gasteiger partial charge is 0.383 e. The molecule has 0 aliphatic carbocycles. The number of ether oxygens (including phenoxy) is 1. The van der Waals surface area contributed by atoms with Gasteiger partial charge in [0.15, 0.2) is 0 Å². The number of fused-ring (bicyclic) bond motifs is 1. The van der Waals surface area contributed by atoms with Crippen LogP contribution in [0.5, 0.6) is 0 Å². The molecule has 0 unspecified atom stereocenters. The van der Waals surface area contributed by atoms with Crippen molar-refractivity contribution in [2.24, 2.45) is 0 Å². The van der Waals surface area contributed by atoms with E-state index in [1.807, 2.05) is 6.92 Å². The number of carbonyl (C=O) groups is 1. The van der Waals surface area contributed by atoms with Crippen molar-refractivity contribution in [3.63, 3.8) is 0 Å². The molecule has 1 heterocycles. The molecule has 0 radical (unpaired) electrons. The van der Waals surface area contributed by atoms with E-state index in [2.05, 4.69) is 5.32 Å². The summed E-state index contributed by atoms with van der Waals surface area (Å²) in [7, 11) is 1.53. The zero-order valence-electron chi connectivity index (χ0n) is 12.7. The second kappa shape index (κ2) is 7.04. The van der Waals surface area contributed by atoms with Gasteiger partial charge in [-0.2, -0.15) is 0 Å². The quantitative estimate of drug-likeness (QED) is 0.758. The molecule has 1 amide bonds. The van der Waals surface area contributed by atoms with Crippen molar-refractivity contribution < 1.29 is 9.53 Å². The number of methoxy groups -OCH3 is 1. The van der Waals surface area contributed by atoms with Crippen LogP contribution in [0.2, 0.25) is 0 Å². The van der Waals surface area contributed by atoms with Crippen molar-refractivity contribution in [1.29, 1.82) is 0 Å². The lowest BCUT2D eigenvalue weighted by molar-refractivity contribution is -0.121. The Morgan fingerprint density at radius 3 is 2.64 bits per heavy atom. The highest BCUT2D eigenvalue weighted by Gasteiger charge is 2.14. The van der Waals surface area contributed by atoms with Crippen LogP contribution in [0.15, 0.2) is 33.9 Å². The van der Waals surface area contributed by atoms with E-state index >= 15 is 0 Å². The minimum Gasteiger partial charge on any atom is -0.383 e. The molecule has 0 saturated heterocycles. The van der Waals surface area contributed by atoms with Crippen LogP contribution in [0.1, 0.15) is 6.92 Å². The highest BCUT2D eigenvalue weighted by atomic mass is 16.5. The van der Waals surface area contributed by atoms with E-state index in [4.69, 9.17) is 4.74 Å². The molecule has 0 aliphatic heterocycles. The number of aryl methyl sites for hydroxylation is 1. The normalized spacial score (nSPS) is 10.8. The lowest BCUT2D eigenvalue weighted by Crippen LogP contribution is -2.44. The summed E-state index contributed by atoms with van der Waals surface area (Å²) >= 11 is 0. The van der Waals surface area contributed by atoms with Gasteiger partial charge in [0.1, 0.15) is 6.54 Å². The van der Waals surface area contributed by atoms with Gasteiger partial charge in [-0.15, -0.1) is 0 Å². The topological polar surface area (TPSA) is 82.3 Å². The van der Waals surface area contributed by atoms with E-state index in [0.717, 1.165) is 4.57 Å². The summed E-state index contributed by atoms with van der Waals surface area (Å²) in [6.07, 6.45) is 0. The summed E-state index contributed by atoms with van der Waals surface area (Å²) in [4.78, 5) is 36.7. The summed E-state index contributed by atoms with van der Waals surface area (Å²) < 4.78 is 7.29. The number of nitrogens with zero attached hydrogens (tertiary/aromatic N) is 2. The Kier molecular flexibility index (Phi) is 5.11. The highest BCUT2D eigenvalue weighted by Crippen LogP contribution is 2.06. The Bertz CT molecular complexity index is 791. The molecule has 7 nitrogen and oxygen atoms in total. The fraction of sp³-hybridized carbons (Fsp3) is 0.400. The predicted molar refractivity (Wildman–Crippen MR) is 83.0 cm³/mol. The van der Waals surface area contributed by atoms with Gasteiger partial charge in [0, 0.05) is 20.2 Å². The monoisotopic (exact) mass is 305 g/mol. The number of nitrogens with one attached hydrogen (secondary N) is 1. The van der Waals surface area contributed by atoms with E-state index in [1.54, 1.807) is 24.3 Å². The lowest BCUT2D eigenvalue weighted by atomic mass is 10.2. The maximum Gasteiger partial charge on any atom is 0.331 e. The van der Waals surface area contributed by atoms with Crippen LogP contribution in [0, 0.1) is 0 Å². The van der Waals surface area contributed by atoms with E-state index in [1.165, 1.54) is 11.7 Å². The van der Waals surface area contributed by atoms with Crippen molar-refractivity contribution in [2.45, 2.75) is 20.0 Å². The number of carbonyl (C=O) groups excluding carboxylic acids is 1. The van der Waals surface area contributed by atoms with E-state index in [9.17, 15) is 14.4 Å². The smallest absolute Gasteiger partial charge is 0.331 e. The van der Waals surface area contributed by atoms with Crippen LogP contribution in [0.4, 0.5) is 0 Å². The van der Waals surface area contributed by atoms with E-state index in [-0.39, 0.29) is 6.54 Å². The molecular weight excluding hydrogens is 286 g/mol. The summed E-state index contributed by atoms with van der Waals surface area (Å²) in [6.45, 7) is 2.65. The van der Waals surface area contributed by atoms with Crippen LogP contribution in [-0.4, -0.2) is 35.3 Å². The van der Waals surface area contributed by atoms with Crippen LogP contribution in [0.25, 0.3) is 10.9 Å². The number of rotatable bonds is 6. The average molecular weight is 305 g/mol. The average Bonchev–Trinajstić information content (AvgIpc) is 2.52. The third-order valence-electron chi connectivity index (χ3n) is 3.38. The van der Waals surface area contributed by atoms with E-state index in [0.29, 0.717) is 30.6 Å². The summed E-state index contributed by atoms with van der Waals surface area (Å²) in [6, 6.07) is 6.89. The Morgan fingerprint density at radius 1 is 1.23 bits per heavy atom. The summed E-state index contributed by atoms with van der Waals surface area (Å²) in [5.74, 6) is -0.394. The van der Waals surface area contributed by atoms with Crippen molar-refractivity contribution in [2.75, 3.05) is 20.3 Å². The first-order valence-corrected chi connectivity index (χ1v) is 7.08. The molecule has 0 atom stereocenters. The number of amides is 1. The molecule has 118 valence electrons. The zero-order chi connectivity index (χ0) is 16.1. The first kappa shape index (κ1) is 16.0. The second-order valence-electron chi connectivity index (χ2n) is 4.78. The molecule has 7 heteroatoms. The van der Waals surface area contributed by atoms with Gasteiger partial charge < -0.3 is 10.1 Å². The molecular formula is C15H19N3O4. The SMILES string of the molecule is CCn1c(=O)n(CC(=O)NCCOC)c(=O)c2ccccc21. The van der Waals surface area contributed by atoms with Crippen LogP contribution >= 0.6 is 0 Å². The number of benzene rings is 1. The standard InChI is InChI=1S/C15H19N3O4/c1-3-17-12-7-5-4-6-11(12)14(20)18(15(17)21)10-13(19)16-8-9-22-2/h4-7H,3,8-10H2,1-2H3,(H,16,19). The van der Waals surface area contributed by atoms with Crippen LogP contribution in [0.3, 0.4) is 0 Å². The molecule has 0 saturated carbocycles. The summed E-state index contributed by atoms with van der Waals surface area (Å²) in [5.41, 5.74) is -0.351. The molecule has 0 fully saturated rings. The first-order chi connectivity index (χ1) is 10.6. The van der Waals surface area contributed by atoms with Gasteiger partial charge in [0.2, 0.25) is 5.91 Å². The van der Waals surface area contributed by atoms with Crippen molar-refractivity contribution >= 4 is 16.8 Å². The second-order valence-corrected chi connectivity index (χ2v) is 4.78.